The predicted molar refractivity (Wildman–Crippen MR) is 60.3 cm³/mol. The second-order valence-corrected chi connectivity index (χ2v) is 3.06. The van der Waals surface area contributed by atoms with Crippen molar-refractivity contribution in [1.29, 1.82) is 0 Å². The van der Waals surface area contributed by atoms with Gasteiger partial charge in [-0.15, -0.1) is 12.4 Å². The summed E-state index contributed by atoms with van der Waals surface area (Å²) in [4.78, 5) is 14.8. The van der Waals surface area contributed by atoms with Crippen LogP contribution in [0.3, 0.4) is 0 Å². The van der Waals surface area contributed by atoms with E-state index in [1.165, 1.54) is 0 Å². The van der Waals surface area contributed by atoms with Crippen LogP contribution in [0.4, 0.5) is 0 Å². The number of nitrogens with zero attached hydrogens (tertiary/aromatic N) is 1. The van der Waals surface area contributed by atoms with Crippen LogP contribution in [0.5, 0.6) is 0 Å². The largest absolute Gasteiger partial charge is 0.481 e. The number of fused-ring (bicyclic) bond motifs is 1. The summed E-state index contributed by atoms with van der Waals surface area (Å²) in [5, 5.41) is 9.68. The molecule has 78 valence electrons. The van der Waals surface area contributed by atoms with Crippen molar-refractivity contribution in [3.63, 3.8) is 0 Å². The molecular formula is C11H10ClNO2. The molecule has 2 rings (SSSR count). The third kappa shape index (κ3) is 2.44. The second kappa shape index (κ2) is 4.75. The Morgan fingerprint density at radius 1 is 1.27 bits per heavy atom. The lowest BCUT2D eigenvalue weighted by Crippen LogP contribution is -2.01. The predicted octanol–water partition coefficient (Wildman–Crippen LogP) is 2.28. The van der Waals surface area contributed by atoms with Crippen LogP contribution in [-0.2, 0) is 11.2 Å². The monoisotopic (exact) mass is 223 g/mol. The van der Waals surface area contributed by atoms with Crippen molar-refractivity contribution in [3.8, 4) is 0 Å². The van der Waals surface area contributed by atoms with Gasteiger partial charge in [0, 0.05) is 11.6 Å². The minimum absolute atomic E-state index is 0. The number of aliphatic carboxylic acids is 1. The highest BCUT2D eigenvalue weighted by atomic mass is 35.5. The highest BCUT2D eigenvalue weighted by Crippen LogP contribution is 2.16. The first-order valence-electron chi connectivity index (χ1n) is 4.32. The summed E-state index contributed by atoms with van der Waals surface area (Å²) < 4.78 is 0. The van der Waals surface area contributed by atoms with Crippen molar-refractivity contribution < 1.29 is 9.90 Å². The van der Waals surface area contributed by atoms with Crippen molar-refractivity contribution in [2.75, 3.05) is 0 Å². The van der Waals surface area contributed by atoms with E-state index in [1.807, 2.05) is 24.3 Å². The first-order valence-corrected chi connectivity index (χ1v) is 4.32. The van der Waals surface area contributed by atoms with Gasteiger partial charge in [0.1, 0.15) is 0 Å². The molecule has 3 nitrogen and oxygen atoms in total. The molecule has 0 atom stereocenters. The van der Waals surface area contributed by atoms with E-state index >= 15 is 0 Å². The number of carboxylic acids is 1. The maximum absolute atomic E-state index is 10.6. The number of benzene rings is 1. The van der Waals surface area contributed by atoms with Crippen molar-refractivity contribution in [2.24, 2.45) is 0 Å². The van der Waals surface area contributed by atoms with Gasteiger partial charge in [0.25, 0.3) is 0 Å². The SMILES string of the molecule is Cl.O=C(O)Cc1cccc2cccnc12. The summed E-state index contributed by atoms with van der Waals surface area (Å²) in [7, 11) is 0. The first-order chi connectivity index (χ1) is 6.77. The van der Waals surface area contributed by atoms with E-state index < -0.39 is 5.97 Å². The average Bonchev–Trinajstić information content (AvgIpc) is 2.18. The quantitative estimate of drug-likeness (QED) is 0.850. The highest BCUT2D eigenvalue weighted by Gasteiger charge is 2.05. The van der Waals surface area contributed by atoms with Crippen LogP contribution in [0.15, 0.2) is 36.5 Å². The molecule has 2 aromatic rings. The molecule has 0 fully saturated rings. The molecule has 4 heteroatoms. The van der Waals surface area contributed by atoms with E-state index in [9.17, 15) is 4.79 Å². The van der Waals surface area contributed by atoms with Gasteiger partial charge in [0.05, 0.1) is 11.9 Å². The Morgan fingerprint density at radius 3 is 2.73 bits per heavy atom. The van der Waals surface area contributed by atoms with Gasteiger partial charge in [-0.05, 0) is 11.6 Å². The molecule has 1 aromatic carbocycles. The molecule has 15 heavy (non-hydrogen) atoms. The lowest BCUT2D eigenvalue weighted by atomic mass is 10.1. The number of carboxylic acid groups (broad SMARTS) is 1. The number of hydrogen-bond donors (Lipinski definition) is 1. The van der Waals surface area contributed by atoms with Crippen molar-refractivity contribution in [3.05, 3.63) is 42.1 Å². The minimum Gasteiger partial charge on any atom is -0.481 e. The van der Waals surface area contributed by atoms with Crippen LogP contribution >= 0.6 is 12.4 Å². The first kappa shape index (κ1) is 11.5. The molecule has 0 aliphatic rings. The van der Waals surface area contributed by atoms with Crippen LogP contribution < -0.4 is 0 Å². The summed E-state index contributed by atoms with van der Waals surface area (Å²) in [5.41, 5.74) is 1.54. The van der Waals surface area contributed by atoms with Gasteiger partial charge in [-0.1, -0.05) is 24.3 Å². The van der Waals surface area contributed by atoms with Gasteiger partial charge in [0.15, 0.2) is 0 Å². The van der Waals surface area contributed by atoms with Crippen molar-refractivity contribution in [1.82, 2.24) is 4.98 Å². The zero-order chi connectivity index (χ0) is 9.97. The minimum atomic E-state index is -0.830. The number of rotatable bonds is 2. The van der Waals surface area contributed by atoms with E-state index in [0.29, 0.717) is 0 Å². The zero-order valence-corrected chi connectivity index (χ0v) is 8.70. The molecule has 0 bridgehead atoms. The lowest BCUT2D eigenvalue weighted by Gasteiger charge is -2.01. The summed E-state index contributed by atoms with van der Waals surface area (Å²) in [6.45, 7) is 0. The maximum Gasteiger partial charge on any atom is 0.307 e. The number of aromatic nitrogens is 1. The van der Waals surface area contributed by atoms with E-state index in [1.54, 1.807) is 12.3 Å². The molecule has 0 saturated carbocycles. The van der Waals surface area contributed by atoms with Crippen molar-refractivity contribution >= 4 is 29.3 Å². The van der Waals surface area contributed by atoms with Crippen LogP contribution in [0, 0.1) is 0 Å². The zero-order valence-electron chi connectivity index (χ0n) is 7.88. The number of halogens is 1. The molecule has 0 aliphatic carbocycles. The number of hydrogen-bond acceptors (Lipinski definition) is 2. The Bertz CT molecular complexity index is 479. The highest BCUT2D eigenvalue weighted by molar-refractivity contribution is 5.85. The number of para-hydroxylation sites is 1. The Hall–Kier alpha value is -1.61. The smallest absolute Gasteiger partial charge is 0.307 e. The number of carbonyl (C=O) groups is 1. The van der Waals surface area contributed by atoms with Crippen LogP contribution in [0.2, 0.25) is 0 Å². The third-order valence-electron chi connectivity index (χ3n) is 2.06. The molecule has 0 aliphatic heterocycles. The summed E-state index contributed by atoms with van der Waals surface area (Å²) in [5.74, 6) is -0.830. The van der Waals surface area contributed by atoms with Gasteiger partial charge in [0.2, 0.25) is 0 Å². The molecule has 0 radical (unpaired) electrons. The Labute approximate surface area is 93.2 Å². The topological polar surface area (TPSA) is 50.2 Å². The summed E-state index contributed by atoms with van der Waals surface area (Å²) in [6, 6.07) is 9.33. The van der Waals surface area contributed by atoms with Crippen molar-refractivity contribution in [2.45, 2.75) is 6.42 Å². The molecule has 0 unspecified atom stereocenters. The summed E-state index contributed by atoms with van der Waals surface area (Å²) in [6.07, 6.45) is 1.70. The van der Waals surface area contributed by atoms with Gasteiger partial charge in [-0.3, -0.25) is 9.78 Å². The third-order valence-corrected chi connectivity index (χ3v) is 2.06. The van der Waals surface area contributed by atoms with Crippen LogP contribution in [0.1, 0.15) is 5.56 Å². The fraction of sp³-hybridized carbons (Fsp3) is 0.0909. The second-order valence-electron chi connectivity index (χ2n) is 3.06. The van der Waals surface area contributed by atoms with E-state index in [4.69, 9.17) is 5.11 Å². The molecule has 0 spiro atoms. The summed E-state index contributed by atoms with van der Waals surface area (Å²) >= 11 is 0. The van der Waals surface area contributed by atoms with E-state index in [-0.39, 0.29) is 18.8 Å². The van der Waals surface area contributed by atoms with Gasteiger partial charge in [-0.25, -0.2) is 0 Å². The average molecular weight is 224 g/mol. The number of pyridine rings is 1. The van der Waals surface area contributed by atoms with Gasteiger partial charge in [-0.2, -0.15) is 0 Å². The molecule has 1 N–H and O–H groups in total. The Morgan fingerprint density at radius 2 is 2.00 bits per heavy atom. The fourth-order valence-electron chi connectivity index (χ4n) is 1.47. The molecular weight excluding hydrogens is 214 g/mol. The molecule has 0 saturated heterocycles. The lowest BCUT2D eigenvalue weighted by molar-refractivity contribution is -0.136. The standard InChI is InChI=1S/C11H9NO2.ClH/c13-10(14)7-9-4-1-3-8-5-2-6-12-11(8)9;/h1-6H,7H2,(H,13,14);1H. The van der Waals surface area contributed by atoms with E-state index in [0.717, 1.165) is 16.5 Å². The van der Waals surface area contributed by atoms with E-state index in [2.05, 4.69) is 4.98 Å². The Kier molecular flexibility index (Phi) is 3.63. The van der Waals surface area contributed by atoms with Gasteiger partial charge >= 0.3 is 5.97 Å². The Balaban J connectivity index is 0.00000112. The van der Waals surface area contributed by atoms with Crippen LogP contribution in [0.25, 0.3) is 10.9 Å². The maximum atomic E-state index is 10.6. The van der Waals surface area contributed by atoms with Gasteiger partial charge < -0.3 is 5.11 Å². The normalized spacial score (nSPS) is 9.60. The molecule has 1 aromatic heterocycles. The fourth-order valence-corrected chi connectivity index (χ4v) is 1.47. The molecule has 0 amide bonds. The van der Waals surface area contributed by atoms with Crippen LogP contribution in [-0.4, -0.2) is 16.1 Å². The molecule has 1 heterocycles.